The zero-order valence-electron chi connectivity index (χ0n) is 12.6. The van der Waals surface area contributed by atoms with Gasteiger partial charge in [-0.25, -0.2) is 0 Å². The summed E-state index contributed by atoms with van der Waals surface area (Å²) in [7, 11) is 0. The first-order valence-corrected chi connectivity index (χ1v) is 8.15. The highest BCUT2D eigenvalue weighted by molar-refractivity contribution is 7.08. The zero-order chi connectivity index (χ0) is 15.7. The molecule has 1 heterocycles. The first kappa shape index (κ1) is 14.7. The molecule has 3 heteroatoms. The Kier molecular flexibility index (Phi) is 3.90. The van der Waals surface area contributed by atoms with E-state index in [1.165, 1.54) is 5.56 Å². The number of hydrogen-bond acceptors (Lipinski definition) is 3. The highest BCUT2D eigenvalue weighted by Gasteiger charge is 2.16. The predicted octanol–water partition coefficient (Wildman–Crippen LogP) is 5.29. The van der Waals surface area contributed by atoms with Gasteiger partial charge in [-0.05, 0) is 70.3 Å². The minimum absolute atomic E-state index is 0.141. The molecule has 0 aliphatic heterocycles. The van der Waals surface area contributed by atoms with Crippen LogP contribution in [0.2, 0.25) is 0 Å². The highest BCUT2D eigenvalue weighted by atomic mass is 32.1. The lowest BCUT2D eigenvalue weighted by atomic mass is 9.89. The normalized spacial score (nSPS) is 12.3. The second kappa shape index (κ2) is 5.85. The molecule has 0 bridgehead atoms. The summed E-state index contributed by atoms with van der Waals surface area (Å²) in [6, 6.07) is 13.2. The Morgan fingerprint density at radius 2 is 1.68 bits per heavy atom. The molecule has 0 saturated heterocycles. The number of phenolic OH excluding ortho intramolecular Hbond substituents is 2. The molecule has 22 heavy (non-hydrogen) atoms. The van der Waals surface area contributed by atoms with Crippen LogP contribution in [0.5, 0.6) is 11.5 Å². The van der Waals surface area contributed by atoms with Crippen molar-refractivity contribution in [2.75, 3.05) is 0 Å². The SMILES string of the molecule is Cc1cc(-c2ccc(O)cc2)cc(C(C)c2ccsc2)c1O. The quantitative estimate of drug-likeness (QED) is 0.690. The van der Waals surface area contributed by atoms with Crippen molar-refractivity contribution in [3.63, 3.8) is 0 Å². The number of aryl methyl sites for hydroxylation is 1. The Balaban J connectivity index is 2.09. The van der Waals surface area contributed by atoms with Crippen LogP contribution in [-0.4, -0.2) is 10.2 Å². The van der Waals surface area contributed by atoms with Gasteiger partial charge < -0.3 is 10.2 Å². The molecule has 0 amide bonds. The van der Waals surface area contributed by atoms with Gasteiger partial charge in [-0.3, -0.25) is 0 Å². The molecule has 1 unspecified atom stereocenters. The first-order chi connectivity index (χ1) is 10.6. The minimum atomic E-state index is 0.141. The fraction of sp³-hybridized carbons (Fsp3) is 0.158. The van der Waals surface area contributed by atoms with Gasteiger partial charge in [0, 0.05) is 11.5 Å². The summed E-state index contributed by atoms with van der Waals surface area (Å²) in [5, 5.41) is 24.0. The minimum Gasteiger partial charge on any atom is -0.508 e. The molecule has 0 aliphatic rings. The van der Waals surface area contributed by atoms with Crippen molar-refractivity contribution in [3.8, 4) is 22.6 Å². The molecule has 2 nitrogen and oxygen atoms in total. The van der Waals surface area contributed by atoms with Gasteiger partial charge >= 0.3 is 0 Å². The van der Waals surface area contributed by atoms with Crippen LogP contribution in [0, 0.1) is 6.92 Å². The Hall–Kier alpha value is -2.26. The van der Waals surface area contributed by atoms with E-state index in [1.54, 1.807) is 23.5 Å². The number of benzene rings is 2. The second-order valence-electron chi connectivity index (χ2n) is 5.56. The third-order valence-corrected chi connectivity index (χ3v) is 4.74. The van der Waals surface area contributed by atoms with Crippen molar-refractivity contribution in [3.05, 3.63) is 69.9 Å². The lowest BCUT2D eigenvalue weighted by molar-refractivity contribution is 0.462. The van der Waals surface area contributed by atoms with Crippen LogP contribution in [0.4, 0.5) is 0 Å². The maximum Gasteiger partial charge on any atom is 0.122 e. The van der Waals surface area contributed by atoms with E-state index in [-0.39, 0.29) is 11.7 Å². The van der Waals surface area contributed by atoms with E-state index in [4.69, 9.17) is 0 Å². The fourth-order valence-corrected chi connectivity index (χ4v) is 3.41. The van der Waals surface area contributed by atoms with Crippen molar-refractivity contribution < 1.29 is 10.2 Å². The Morgan fingerprint density at radius 3 is 2.32 bits per heavy atom. The first-order valence-electron chi connectivity index (χ1n) is 7.21. The lowest BCUT2D eigenvalue weighted by Crippen LogP contribution is -1.97. The van der Waals surface area contributed by atoms with E-state index in [2.05, 4.69) is 23.8 Å². The van der Waals surface area contributed by atoms with Crippen LogP contribution in [0.15, 0.2) is 53.2 Å². The molecule has 2 N–H and O–H groups in total. The third-order valence-electron chi connectivity index (χ3n) is 4.04. The number of phenols is 2. The van der Waals surface area contributed by atoms with E-state index in [1.807, 2.05) is 31.2 Å². The fourth-order valence-electron chi connectivity index (χ4n) is 2.66. The van der Waals surface area contributed by atoms with Gasteiger partial charge in [0.05, 0.1) is 0 Å². The maximum absolute atomic E-state index is 10.4. The van der Waals surface area contributed by atoms with Gasteiger partial charge in [0.25, 0.3) is 0 Å². The largest absolute Gasteiger partial charge is 0.508 e. The molecule has 3 aromatic rings. The summed E-state index contributed by atoms with van der Waals surface area (Å²) in [6.45, 7) is 4.03. The summed E-state index contributed by atoms with van der Waals surface area (Å²) >= 11 is 1.67. The molecule has 0 spiro atoms. The van der Waals surface area contributed by atoms with Crippen LogP contribution in [0.3, 0.4) is 0 Å². The number of aromatic hydroxyl groups is 2. The molecule has 0 fully saturated rings. The highest BCUT2D eigenvalue weighted by Crippen LogP contribution is 2.37. The van der Waals surface area contributed by atoms with Gasteiger partial charge in [0.15, 0.2) is 0 Å². The Morgan fingerprint density at radius 1 is 0.955 bits per heavy atom. The summed E-state index contributed by atoms with van der Waals surface area (Å²) < 4.78 is 0. The smallest absolute Gasteiger partial charge is 0.122 e. The van der Waals surface area contributed by atoms with Crippen molar-refractivity contribution in [2.45, 2.75) is 19.8 Å². The second-order valence-corrected chi connectivity index (χ2v) is 6.34. The molecule has 3 rings (SSSR count). The molecule has 0 saturated carbocycles. The van der Waals surface area contributed by atoms with Gasteiger partial charge in [0.2, 0.25) is 0 Å². The predicted molar refractivity (Wildman–Crippen MR) is 91.8 cm³/mol. The molecule has 0 aliphatic carbocycles. The van der Waals surface area contributed by atoms with Crippen molar-refractivity contribution >= 4 is 11.3 Å². The van der Waals surface area contributed by atoms with Gasteiger partial charge in [-0.1, -0.05) is 19.1 Å². The summed E-state index contributed by atoms with van der Waals surface area (Å²) in [6.07, 6.45) is 0. The average Bonchev–Trinajstić information content (AvgIpc) is 3.04. The maximum atomic E-state index is 10.4. The summed E-state index contributed by atoms with van der Waals surface area (Å²) in [5.41, 5.74) is 5.08. The molecule has 1 atom stereocenters. The molecule has 2 aromatic carbocycles. The van der Waals surface area contributed by atoms with Crippen molar-refractivity contribution in [1.29, 1.82) is 0 Å². The Labute approximate surface area is 134 Å². The van der Waals surface area contributed by atoms with Crippen LogP contribution in [-0.2, 0) is 0 Å². The van der Waals surface area contributed by atoms with Crippen LogP contribution >= 0.6 is 11.3 Å². The van der Waals surface area contributed by atoms with Crippen LogP contribution < -0.4 is 0 Å². The number of hydrogen-bond donors (Lipinski definition) is 2. The van der Waals surface area contributed by atoms with Gasteiger partial charge in [0.1, 0.15) is 11.5 Å². The summed E-state index contributed by atoms with van der Waals surface area (Å²) in [5.74, 6) is 0.759. The van der Waals surface area contributed by atoms with E-state index < -0.39 is 0 Å². The average molecular weight is 310 g/mol. The molecule has 1 aromatic heterocycles. The van der Waals surface area contributed by atoms with E-state index in [9.17, 15) is 10.2 Å². The van der Waals surface area contributed by atoms with Gasteiger partial charge in [-0.15, -0.1) is 0 Å². The topological polar surface area (TPSA) is 40.5 Å². The van der Waals surface area contributed by atoms with Gasteiger partial charge in [-0.2, -0.15) is 11.3 Å². The number of thiophene rings is 1. The third kappa shape index (κ3) is 2.72. The molecule has 0 radical (unpaired) electrons. The van der Waals surface area contributed by atoms with Crippen LogP contribution in [0.25, 0.3) is 11.1 Å². The van der Waals surface area contributed by atoms with Crippen molar-refractivity contribution in [1.82, 2.24) is 0 Å². The van der Waals surface area contributed by atoms with E-state index in [0.717, 1.165) is 22.3 Å². The van der Waals surface area contributed by atoms with Crippen LogP contribution in [0.1, 0.15) is 29.5 Å². The van der Waals surface area contributed by atoms with E-state index in [0.29, 0.717) is 5.75 Å². The number of rotatable bonds is 3. The zero-order valence-corrected chi connectivity index (χ0v) is 13.4. The monoisotopic (exact) mass is 310 g/mol. The van der Waals surface area contributed by atoms with Crippen molar-refractivity contribution in [2.24, 2.45) is 0 Å². The van der Waals surface area contributed by atoms with E-state index >= 15 is 0 Å². The standard InChI is InChI=1S/C19H18O2S/c1-12-9-16(14-3-5-17(20)6-4-14)10-18(19(12)21)13(2)15-7-8-22-11-15/h3-11,13,20-21H,1-2H3. The Bertz CT molecular complexity index is 774. The summed E-state index contributed by atoms with van der Waals surface area (Å²) in [4.78, 5) is 0. The lowest BCUT2D eigenvalue weighted by Gasteiger charge is -2.16. The molecular formula is C19H18O2S. The molecule has 112 valence electrons. The molecular weight excluding hydrogens is 292 g/mol.